The van der Waals surface area contributed by atoms with Crippen LogP contribution in [0.5, 0.6) is 0 Å². The van der Waals surface area contributed by atoms with Gasteiger partial charge < -0.3 is 10.0 Å². The Morgan fingerprint density at radius 1 is 1.42 bits per heavy atom. The molecular weight excluding hydrogens is 244 g/mol. The molecule has 2 rings (SSSR count). The molecule has 1 fully saturated rings. The van der Waals surface area contributed by atoms with Gasteiger partial charge in [-0.1, -0.05) is 18.2 Å². The van der Waals surface area contributed by atoms with Crippen LogP contribution in [0.3, 0.4) is 0 Å². The van der Waals surface area contributed by atoms with Gasteiger partial charge in [-0.2, -0.15) is 0 Å². The van der Waals surface area contributed by atoms with Gasteiger partial charge in [0.05, 0.1) is 12.6 Å². The molecular formula is C14H18N2O3. The Labute approximate surface area is 112 Å². The first-order chi connectivity index (χ1) is 9.09. The molecule has 0 aliphatic carbocycles. The maximum atomic E-state index is 12.4. The number of benzene rings is 1. The van der Waals surface area contributed by atoms with Crippen molar-refractivity contribution in [2.45, 2.75) is 18.9 Å². The molecule has 0 bridgehead atoms. The standard InChI is InChI=1S/C14H18N2O3/c1-15(10-13(17)18)12-8-5-9-16(14(12)19)11-6-3-2-4-7-11/h2-4,6-7,12H,5,8-10H2,1H3,(H,17,18). The second-order valence-corrected chi connectivity index (χ2v) is 4.79. The van der Waals surface area contributed by atoms with Crippen molar-refractivity contribution >= 4 is 17.6 Å². The van der Waals surface area contributed by atoms with Gasteiger partial charge in [0.15, 0.2) is 0 Å². The van der Waals surface area contributed by atoms with Gasteiger partial charge in [-0.25, -0.2) is 0 Å². The zero-order valence-corrected chi connectivity index (χ0v) is 11.0. The number of para-hydroxylation sites is 1. The number of carbonyl (C=O) groups is 2. The van der Waals surface area contributed by atoms with Crippen molar-refractivity contribution in [1.82, 2.24) is 4.90 Å². The van der Waals surface area contributed by atoms with Crippen LogP contribution in [0.2, 0.25) is 0 Å². The van der Waals surface area contributed by atoms with Crippen molar-refractivity contribution in [2.75, 3.05) is 25.0 Å². The molecule has 0 radical (unpaired) electrons. The maximum absolute atomic E-state index is 12.4. The lowest BCUT2D eigenvalue weighted by Gasteiger charge is -2.36. The lowest BCUT2D eigenvalue weighted by molar-refractivity contribution is -0.139. The van der Waals surface area contributed by atoms with Crippen molar-refractivity contribution in [1.29, 1.82) is 0 Å². The molecule has 1 N–H and O–H groups in total. The van der Waals surface area contributed by atoms with E-state index in [1.165, 1.54) is 0 Å². The number of carboxylic acid groups (broad SMARTS) is 1. The number of amides is 1. The van der Waals surface area contributed by atoms with E-state index >= 15 is 0 Å². The summed E-state index contributed by atoms with van der Waals surface area (Å²) in [6.07, 6.45) is 1.60. The first-order valence-corrected chi connectivity index (χ1v) is 6.38. The molecule has 1 aromatic rings. The van der Waals surface area contributed by atoms with Crippen LogP contribution in [-0.4, -0.2) is 48.1 Å². The number of carbonyl (C=O) groups excluding carboxylic acids is 1. The Kier molecular flexibility index (Phi) is 4.16. The van der Waals surface area contributed by atoms with Gasteiger partial charge >= 0.3 is 5.97 Å². The van der Waals surface area contributed by atoms with Crippen molar-refractivity contribution < 1.29 is 14.7 Å². The summed E-state index contributed by atoms with van der Waals surface area (Å²) in [7, 11) is 1.69. The van der Waals surface area contributed by atoms with Gasteiger partial charge in [-0.05, 0) is 32.0 Å². The summed E-state index contributed by atoms with van der Waals surface area (Å²) >= 11 is 0. The lowest BCUT2D eigenvalue weighted by Crippen LogP contribution is -2.52. The fraction of sp³-hybridized carbons (Fsp3) is 0.429. The topological polar surface area (TPSA) is 60.9 Å². The number of likely N-dealkylation sites (N-methyl/N-ethyl adjacent to an activating group) is 1. The van der Waals surface area contributed by atoms with Crippen LogP contribution >= 0.6 is 0 Å². The fourth-order valence-corrected chi connectivity index (χ4v) is 2.45. The van der Waals surface area contributed by atoms with Crippen LogP contribution in [0.25, 0.3) is 0 Å². The maximum Gasteiger partial charge on any atom is 0.317 e. The number of hydrogen-bond acceptors (Lipinski definition) is 3. The molecule has 1 aliphatic heterocycles. The van der Waals surface area contributed by atoms with Crippen molar-refractivity contribution in [3.05, 3.63) is 30.3 Å². The Hall–Kier alpha value is -1.88. The van der Waals surface area contributed by atoms with Crippen LogP contribution in [0.15, 0.2) is 30.3 Å². The van der Waals surface area contributed by atoms with E-state index in [1.54, 1.807) is 16.8 Å². The van der Waals surface area contributed by atoms with E-state index in [9.17, 15) is 9.59 Å². The zero-order chi connectivity index (χ0) is 13.8. The predicted molar refractivity (Wildman–Crippen MR) is 72.1 cm³/mol. The number of hydrogen-bond donors (Lipinski definition) is 1. The third-order valence-corrected chi connectivity index (χ3v) is 3.39. The number of nitrogens with zero attached hydrogens (tertiary/aromatic N) is 2. The summed E-state index contributed by atoms with van der Waals surface area (Å²) in [5.41, 5.74) is 0.876. The van der Waals surface area contributed by atoms with Crippen LogP contribution in [-0.2, 0) is 9.59 Å². The highest BCUT2D eigenvalue weighted by Crippen LogP contribution is 2.22. The zero-order valence-electron chi connectivity index (χ0n) is 11.0. The minimum atomic E-state index is -0.910. The van der Waals surface area contributed by atoms with Crippen LogP contribution in [0.4, 0.5) is 5.69 Å². The third-order valence-electron chi connectivity index (χ3n) is 3.39. The molecule has 102 valence electrons. The summed E-state index contributed by atoms with van der Waals surface area (Å²) in [5.74, 6) is -0.923. The number of piperidine rings is 1. The van der Waals surface area contributed by atoms with E-state index in [4.69, 9.17) is 5.11 Å². The highest BCUT2D eigenvalue weighted by atomic mass is 16.4. The van der Waals surface area contributed by atoms with E-state index in [1.807, 2.05) is 30.3 Å². The van der Waals surface area contributed by atoms with Gasteiger partial charge in [0.2, 0.25) is 5.91 Å². The molecule has 1 atom stereocenters. The van der Waals surface area contributed by atoms with Gasteiger partial charge in [-0.3, -0.25) is 14.5 Å². The molecule has 5 nitrogen and oxygen atoms in total. The highest BCUT2D eigenvalue weighted by Gasteiger charge is 2.32. The number of carboxylic acids is 1. The molecule has 0 aromatic heterocycles. The SMILES string of the molecule is CN(CC(=O)O)C1CCCN(c2ccccc2)C1=O. The molecule has 0 saturated carbocycles. The van der Waals surface area contributed by atoms with E-state index in [-0.39, 0.29) is 18.5 Å². The normalized spacial score (nSPS) is 19.8. The number of anilines is 1. The molecule has 5 heteroatoms. The van der Waals surface area contributed by atoms with Crippen molar-refractivity contribution in [3.63, 3.8) is 0 Å². The highest BCUT2D eigenvalue weighted by molar-refractivity contribution is 5.98. The summed E-state index contributed by atoms with van der Waals surface area (Å²) in [5, 5.41) is 8.82. The smallest absolute Gasteiger partial charge is 0.317 e. The number of aliphatic carboxylic acids is 1. The molecule has 1 saturated heterocycles. The second kappa shape index (κ2) is 5.84. The Bertz CT molecular complexity index is 461. The minimum Gasteiger partial charge on any atom is -0.480 e. The Morgan fingerprint density at radius 3 is 2.74 bits per heavy atom. The van der Waals surface area contributed by atoms with Gasteiger partial charge in [0.1, 0.15) is 0 Å². The predicted octanol–water partition coefficient (Wildman–Crippen LogP) is 1.20. The first kappa shape index (κ1) is 13.5. The van der Waals surface area contributed by atoms with Crippen LogP contribution < -0.4 is 4.90 Å². The molecule has 1 heterocycles. The van der Waals surface area contributed by atoms with Crippen molar-refractivity contribution in [3.8, 4) is 0 Å². The molecule has 1 aliphatic rings. The average Bonchev–Trinajstić information content (AvgIpc) is 2.39. The van der Waals surface area contributed by atoms with Gasteiger partial charge in [0, 0.05) is 12.2 Å². The number of rotatable bonds is 4. The van der Waals surface area contributed by atoms with Crippen LogP contribution in [0.1, 0.15) is 12.8 Å². The summed E-state index contributed by atoms with van der Waals surface area (Å²) < 4.78 is 0. The summed E-state index contributed by atoms with van der Waals surface area (Å²) in [6, 6.07) is 9.16. The minimum absolute atomic E-state index is 0.0128. The summed E-state index contributed by atoms with van der Waals surface area (Å²) in [6.45, 7) is 0.583. The average molecular weight is 262 g/mol. The van der Waals surface area contributed by atoms with Gasteiger partial charge in [0.25, 0.3) is 0 Å². The van der Waals surface area contributed by atoms with E-state index in [0.29, 0.717) is 13.0 Å². The van der Waals surface area contributed by atoms with Crippen LogP contribution in [0, 0.1) is 0 Å². The van der Waals surface area contributed by atoms with E-state index in [2.05, 4.69) is 0 Å². The lowest BCUT2D eigenvalue weighted by atomic mass is 10.0. The molecule has 0 spiro atoms. The molecule has 1 aromatic carbocycles. The largest absolute Gasteiger partial charge is 0.480 e. The third kappa shape index (κ3) is 3.12. The second-order valence-electron chi connectivity index (χ2n) is 4.79. The van der Waals surface area contributed by atoms with Gasteiger partial charge in [-0.15, -0.1) is 0 Å². The van der Waals surface area contributed by atoms with E-state index in [0.717, 1.165) is 12.1 Å². The quantitative estimate of drug-likeness (QED) is 0.885. The Balaban J connectivity index is 2.12. The first-order valence-electron chi connectivity index (χ1n) is 6.38. The molecule has 19 heavy (non-hydrogen) atoms. The van der Waals surface area contributed by atoms with E-state index < -0.39 is 5.97 Å². The molecule has 1 unspecified atom stereocenters. The summed E-state index contributed by atoms with van der Waals surface area (Å²) in [4.78, 5) is 26.5. The fourth-order valence-electron chi connectivity index (χ4n) is 2.45. The van der Waals surface area contributed by atoms with Crippen molar-refractivity contribution in [2.24, 2.45) is 0 Å². The monoisotopic (exact) mass is 262 g/mol. The molecule has 1 amide bonds. The Morgan fingerprint density at radius 2 is 2.11 bits per heavy atom.